The molecule has 1 aliphatic rings. The Morgan fingerprint density at radius 2 is 1.79 bits per heavy atom. The molecule has 1 N–H and O–H groups in total. The van der Waals surface area contributed by atoms with Crippen LogP contribution >= 0.6 is 23.8 Å². The number of ether oxygens (including phenoxy) is 3. The van der Waals surface area contributed by atoms with E-state index in [-0.39, 0.29) is 11.9 Å². The van der Waals surface area contributed by atoms with Crippen molar-refractivity contribution in [3.63, 3.8) is 0 Å². The zero-order valence-electron chi connectivity index (χ0n) is 18.3. The molecular weight excluding hydrogens is 463 g/mol. The van der Waals surface area contributed by atoms with Crippen molar-refractivity contribution in [3.05, 3.63) is 82.6 Å². The third-order valence-corrected chi connectivity index (χ3v) is 6.27. The number of anilines is 1. The number of rotatable bonds is 6. The van der Waals surface area contributed by atoms with Crippen molar-refractivity contribution in [2.45, 2.75) is 12.5 Å². The van der Waals surface area contributed by atoms with Crippen molar-refractivity contribution in [2.24, 2.45) is 0 Å². The van der Waals surface area contributed by atoms with Crippen LogP contribution in [0.2, 0.25) is 5.02 Å². The van der Waals surface area contributed by atoms with Gasteiger partial charge in [0.15, 0.2) is 16.6 Å². The lowest BCUT2D eigenvalue weighted by atomic mass is 9.92. The average molecular weight is 487 g/mol. The van der Waals surface area contributed by atoms with Crippen LogP contribution in [-0.4, -0.2) is 37.4 Å². The highest BCUT2D eigenvalue weighted by atomic mass is 35.5. The summed E-state index contributed by atoms with van der Waals surface area (Å²) in [5.74, 6) is 1.58. The number of nitrogens with one attached hydrogen (secondary N) is 1. The first-order valence-electron chi connectivity index (χ1n) is 10.5. The number of fused-ring (bicyclic) bond motifs is 1. The minimum Gasteiger partial charge on any atom is -0.493 e. The van der Waals surface area contributed by atoms with Crippen LogP contribution in [0.25, 0.3) is 0 Å². The number of halogens is 2. The van der Waals surface area contributed by atoms with Gasteiger partial charge >= 0.3 is 0 Å². The molecule has 0 unspecified atom stereocenters. The molecule has 0 spiro atoms. The molecule has 0 amide bonds. The van der Waals surface area contributed by atoms with E-state index in [0.29, 0.717) is 40.5 Å². The Balaban J connectivity index is 1.65. The lowest BCUT2D eigenvalue weighted by molar-refractivity contribution is 0.190. The summed E-state index contributed by atoms with van der Waals surface area (Å²) in [6.45, 7) is 0.981. The van der Waals surface area contributed by atoms with Gasteiger partial charge in [-0.2, -0.15) is 0 Å². The van der Waals surface area contributed by atoms with Crippen LogP contribution in [-0.2, 0) is 6.42 Å². The van der Waals surface area contributed by atoms with E-state index in [1.807, 2.05) is 36.4 Å². The van der Waals surface area contributed by atoms with Crippen LogP contribution in [0.3, 0.4) is 0 Å². The molecule has 0 aromatic heterocycles. The van der Waals surface area contributed by atoms with Gasteiger partial charge in [0.2, 0.25) is 0 Å². The van der Waals surface area contributed by atoms with Crippen LogP contribution < -0.4 is 19.5 Å². The highest BCUT2D eigenvalue weighted by Gasteiger charge is 2.31. The Labute approximate surface area is 203 Å². The number of nitrogens with zero attached hydrogens (tertiary/aromatic N) is 1. The van der Waals surface area contributed by atoms with Gasteiger partial charge in [0, 0.05) is 6.54 Å². The van der Waals surface area contributed by atoms with E-state index in [4.69, 9.17) is 38.0 Å². The Bertz CT molecular complexity index is 1140. The maximum atomic E-state index is 13.3. The quantitative estimate of drug-likeness (QED) is 0.439. The highest BCUT2D eigenvalue weighted by Crippen LogP contribution is 2.39. The van der Waals surface area contributed by atoms with Crippen LogP contribution in [0.4, 0.5) is 10.1 Å². The fraction of sp³-hybridized carbons (Fsp3) is 0.240. The van der Waals surface area contributed by atoms with Crippen molar-refractivity contribution >= 4 is 34.6 Å². The molecule has 33 heavy (non-hydrogen) atoms. The summed E-state index contributed by atoms with van der Waals surface area (Å²) in [4.78, 5) is 2.08. The zero-order valence-corrected chi connectivity index (χ0v) is 19.9. The van der Waals surface area contributed by atoms with Crippen molar-refractivity contribution in [1.29, 1.82) is 0 Å². The van der Waals surface area contributed by atoms with E-state index >= 15 is 0 Å². The summed E-state index contributed by atoms with van der Waals surface area (Å²) in [5, 5.41) is 4.39. The molecule has 1 heterocycles. The topological polar surface area (TPSA) is 43.0 Å². The third-order valence-electron chi connectivity index (χ3n) is 5.60. The second kappa shape index (κ2) is 10.3. The third kappa shape index (κ3) is 5.15. The van der Waals surface area contributed by atoms with Crippen LogP contribution in [0.5, 0.6) is 17.2 Å². The fourth-order valence-corrected chi connectivity index (χ4v) is 4.42. The maximum Gasteiger partial charge on any atom is 0.174 e. The molecule has 8 heteroatoms. The number of thiocarbonyl (C=S) groups is 1. The second-order valence-corrected chi connectivity index (χ2v) is 8.33. The molecule has 3 aromatic carbocycles. The van der Waals surface area contributed by atoms with Gasteiger partial charge in [-0.3, -0.25) is 0 Å². The number of para-hydroxylation sites is 1. The van der Waals surface area contributed by atoms with Gasteiger partial charge in [0.05, 0.1) is 31.0 Å². The molecule has 0 aliphatic carbocycles. The molecule has 1 atom stereocenters. The van der Waals surface area contributed by atoms with Crippen LogP contribution in [0.1, 0.15) is 17.2 Å². The average Bonchev–Trinajstić information content (AvgIpc) is 2.83. The lowest BCUT2D eigenvalue weighted by Gasteiger charge is -2.39. The van der Waals surface area contributed by atoms with Gasteiger partial charge in [-0.15, -0.1) is 0 Å². The number of methoxy groups -OCH3 is 2. The molecule has 3 aromatic rings. The molecule has 0 saturated heterocycles. The second-order valence-electron chi connectivity index (χ2n) is 7.54. The first kappa shape index (κ1) is 23.1. The zero-order chi connectivity index (χ0) is 23.4. The van der Waals surface area contributed by atoms with Gasteiger partial charge in [-0.05, 0) is 78.3 Å². The van der Waals surface area contributed by atoms with E-state index in [1.165, 1.54) is 12.1 Å². The lowest BCUT2D eigenvalue weighted by Crippen LogP contribution is -2.44. The number of benzene rings is 3. The smallest absolute Gasteiger partial charge is 0.174 e. The first-order chi connectivity index (χ1) is 16.0. The standard InChI is InChI=1S/C25H24ClFN2O3S/c1-30-23-13-16-11-12-29(25(33)28-21-6-4-3-5-20(21)26)22(19(16)14-24(23)31-2)15-32-18-9-7-17(27)8-10-18/h3-10,13-14,22H,11-12,15H2,1-2H3,(H,28,33)/t22-/m0/s1. The summed E-state index contributed by atoms with van der Waals surface area (Å²) in [6, 6.07) is 17.2. The van der Waals surface area contributed by atoms with E-state index < -0.39 is 0 Å². The number of hydrogen-bond acceptors (Lipinski definition) is 4. The van der Waals surface area contributed by atoms with Gasteiger partial charge < -0.3 is 24.4 Å². The van der Waals surface area contributed by atoms with E-state index in [2.05, 4.69) is 10.2 Å². The van der Waals surface area contributed by atoms with Crippen molar-refractivity contribution < 1.29 is 18.6 Å². The monoisotopic (exact) mass is 486 g/mol. The van der Waals surface area contributed by atoms with Crippen molar-refractivity contribution in [1.82, 2.24) is 4.90 Å². The maximum absolute atomic E-state index is 13.3. The molecule has 0 saturated carbocycles. The van der Waals surface area contributed by atoms with Crippen molar-refractivity contribution in [3.8, 4) is 17.2 Å². The molecule has 4 rings (SSSR count). The Kier molecular flexibility index (Phi) is 7.20. The predicted octanol–water partition coefficient (Wildman–Crippen LogP) is 5.87. The molecule has 172 valence electrons. The minimum absolute atomic E-state index is 0.207. The van der Waals surface area contributed by atoms with Gasteiger partial charge in [0.1, 0.15) is 18.2 Å². The Morgan fingerprint density at radius 3 is 2.48 bits per heavy atom. The van der Waals surface area contributed by atoms with E-state index in [0.717, 1.165) is 23.2 Å². The normalized spacial score (nSPS) is 14.9. The molecule has 0 fully saturated rings. The fourth-order valence-electron chi connectivity index (χ4n) is 3.91. The van der Waals surface area contributed by atoms with E-state index in [9.17, 15) is 4.39 Å². The molecule has 1 aliphatic heterocycles. The van der Waals surface area contributed by atoms with Crippen LogP contribution in [0.15, 0.2) is 60.7 Å². The first-order valence-corrected chi connectivity index (χ1v) is 11.2. The summed E-state index contributed by atoms with van der Waals surface area (Å²) >= 11 is 12.1. The number of hydrogen-bond donors (Lipinski definition) is 1. The Hall–Kier alpha value is -3.03. The molecule has 5 nitrogen and oxygen atoms in total. The summed E-state index contributed by atoms with van der Waals surface area (Å²) < 4.78 is 30.4. The Morgan fingerprint density at radius 1 is 1.09 bits per heavy atom. The minimum atomic E-state index is -0.311. The van der Waals surface area contributed by atoms with Gasteiger partial charge in [-0.25, -0.2) is 4.39 Å². The predicted molar refractivity (Wildman–Crippen MR) is 132 cm³/mol. The van der Waals surface area contributed by atoms with Gasteiger partial charge in [0.25, 0.3) is 0 Å². The molecule has 0 bridgehead atoms. The van der Waals surface area contributed by atoms with Gasteiger partial charge in [-0.1, -0.05) is 23.7 Å². The SMILES string of the molecule is COc1cc2c(cc1OC)[C@H](COc1ccc(F)cc1)N(C(=S)Nc1ccccc1Cl)CC2. The van der Waals surface area contributed by atoms with Crippen molar-refractivity contribution in [2.75, 3.05) is 32.7 Å². The summed E-state index contributed by atoms with van der Waals surface area (Å²) in [5.41, 5.74) is 2.90. The molecular formula is C25H24ClFN2O3S. The summed E-state index contributed by atoms with van der Waals surface area (Å²) in [7, 11) is 3.23. The van der Waals surface area contributed by atoms with Crippen LogP contribution in [0, 0.1) is 5.82 Å². The largest absolute Gasteiger partial charge is 0.493 e. The highest BCUT2D eigenvalue weighted by molar-refractivity contribution is 7.80. The van der Waals surface area contributed by atoms with E-state index in [1.54, 1.807) is 26.4 Å². The molecule has 0 radical (unpaired) electrons. The summed E-state index contributed by atoms with van der Waals surface area (Å²) in [6.07, 6.45) is 0.771.